The number of amides is 2. The fourth-order valence-corrected chi connectivity index (χ4v) is 65.8. The summed E-state index contributed by atoms with van der Waals surface area (Å²) >= 11 is -8.45. The first-order valence-corrected chi connectivity index (χ1v) is 32.6. The van der Waals surface area contributed by atoms with Gasteiger partial charge in [-0.1, -0.05) is 0 Å². The SMILES string of the molecule is O=C[NH][In]([NH]C=O)[Zr]([Cl])([Cl])([CH]1C=Cc2ccccc21)[CH]1C=Cc2ccccc21. The zero-order valence-electron chi connectivity index (χ0n) is 14.9. The van der Waals surface area contributed by atoms with Gasteiger partial charge in [-0.3, -0.25) is 0 Å². The molecule has 0 radical (unpaired) electrons. The maximum absolute atomic E-state index is 11.5. The van der Waals surface area contributed by atoms with Crippen LogP contribution in [0.1, 0.15) is 29.5 Å². The summed E-state index contributed by atoms with van der Waals surface area (Å²) in [6.45, 7) is 0. The summed E-state index contributed by atoms with van der Waals surface area (Å²) < 4.78 is 5.50. The average Bonchev–Trinajstić information content (AvgIpc) is 3.33. The standard InChI is InChI=1S/2C9H7.2CH3NO.2ClH.In.Zr/c2*1-2-5-9-7-3-6-8(9)4-1;2*2-1-3;;;;/h2*1-7H;2*1H,(H2,2,3);2*1H;;/q;;;;;;2*+2/p-4. The summed E-state index contributed by atoms with van der Waals surface area (Å²) in [5.41, 5.74) is 4.34. The molecule has 8 heteroatoms. The quantitative estimate of drug-likeness (QED) is 0.476. The van der Waals surface area contributed by atoms with Crippen molar-refractivity contribution in [1.29, 1.82) is 0 Å². The van der Waals surface area contributed by atoms with Crippen molar-refractivity contribution < 1.29 is 21.3 Å². The fraction of sp³-hybridized carbons (Fsp3) is 0.100. The number of rotatable bonds is 7. The van der Waals surface area contributed by atoms with E-state index in [0.717, 1.165) is 22.3 Å². The van der Waals surface area contributed by atoms with E-state index in [1.165, 1.54) is 0 Å². The summed E-state index contributed by atoms with van der Waals surface area (Å²) in [5.74, 6) is 0. The minimum absolute atomic E-state index is 0.178. The van der Waals surface area contributed by atoms with Crippen molar-refractivity contribution in [3.05, 3.63) is 82.9 Å². The summed E-state index contributed by atoms with van der Waals surface area (Å²) in [5, 5.41) is 0. The van der Waals surface area contributed by atoms with E-state index in [1.807, 2.05) is 60.7 Å². The van der Waals surface area contributed by atoms with Gasteiger partial charge in [0.05, 0.1) is 0 Å². The molecule has 0 saturated carbocycles. The van der Waals surface area contributed by atoms with Gasteiger partial charge in [0.15, 0.2) is 0 Å². The van der Waals surface area contributed by atoms with Crippen molar-refractivity contribution in [2.45, 2.75) is 7.25 Å². The van der Waals surface area contributed by atoms with E-state index in [1.54, 1.807) is 0 Å². The molecule has 0 aromatic heterocycles. The first kappa shape index (κ1) is 20.5. The number of nitrogens with one attached hydrogen (secondary N) is 2. The van der Waals surface area contributed by atoms with Crippen LogP contribution in [-0.4, -0.2) is 30.1 Å². The molecule has 2 atom stereocenters. The van der Waals surface area contributed by atoms with E-state index in [4.69, 9.17) is 17.0 Å². The zero-order valence-corrected chi connectivity index (χ0v) is 22.2. The second kappa shape index (κ2) is 7.79. The van der Waals surface area contributed by atoms with Gasteiger partial charge in [0.25, 0.3) is 0 Å². The Balaban J connectivity index is 1.95. The number of carbonyl (C=O) groups excluding carboxylic acids is 2. The van der Waals surface area contributed by atoms with E-state index in [0.29, 0.717) is 12.8 Å². The summed E-state index contributed by atoms with van der Waals surface area (Å²) in [6.07, 6.45) is 9.54. The van der Waals surface area contributed by atoms with Crippen molar-refractivity contribution >= 4 is 59.3 Å². The van der Waals surface area contributed by atoms with Gasteiger partial charge < -0.3 is 0 Å². The molecule has 2 amide bonds. The van der Waals surface area contributed by atoms with E-state index in [2.05, 4.69) is 18.8 Å². The maximum atomic E-state index is 11.5. The molecule has 2 N–H and O–H groups in total. The van der Waals surface area contributed by atoms with Gasteiger partial charge in [-0.05, 0) is 0 Å². The molecule has 141 valence electrons. The van der Waals surface area contributed by atoms with E-state index in [-0.39, 0.29) is 7.25 Å². The Morgan fingerprint density at radius 1 is 0.786 bits per heavy atom. The number of benzene rings is 2. The topological polar surface area (TPSA) is 58.2 Å². The molecule has 4 rings (SSSR count). The second-order valence-electron chi connectivity index (χ2n) is 7.16. The van der Waals surface area contributed by atoms with Crippen LogP contribution in [-0.2, 0) is 21.3 Å². The van der Waals surface area contributed by atoms with Gasteiger partial charge in [-0.2, -0.15) is 0 Å². The van der Waals surface area contributed by atoms with Gasteiger partial charge >= 0.3 is 177 Å². The van der Waals surface area contributed by atoms with Crippen LogP contribution in [0.3, 0.4) is 0 Å². The third-order valence-corrected chi connectivity index (χ3v) is 78.7. The van der Waals surface area contributed by atoms with Gasteiger partial charge in [-0.15, -0.1) is 0 Å². The third-order valence-electron chi connectivity index (χ3n) is 5.81. The van der Waals surface area contributed by atoms with Crippen LogP contribution in [0.25, 0.3) is 12.2 Å². The molecule has 2 unspecified atom stereocenters. The number of fused-ring (bicyclic) bond motifs is 2. The van der Waals surface area contributed by atoms with Crippen molar-refractivity contribution in [2.24, 2.45) is 0 Å². The molecule has 2 aromatic carbocycles. The Labute approximate surface area is 175 Å². The number of hydrogen-bond donors (Lipinski definition) is 2. The third kappa shape index (κ3) is 3.08. The zero-order chi connectivity index (χ0) is 19.8. The molecule has 2 aliphatic carbocycles. The first-order chi connectivity index (χ1) is 13.5. The van der Waals surface area contributed by atoms with Gasteiger partial charge in [-0.25, -0.2) is 0 Å². The van der Waals surface area contributed by atoms with Crippen LogP contribution in [0, 0.1) is 0 Å². The number of hydrogen-bond acceptors (Lipinski definition) is 2. The summed E-state index contributed by atoms with van der Waals surface area (Å²) in [7, 11) is 15.4. The molecule has 0 fully saturated rings. The van der Waals surface area contributed by atoms with Crippen molar-refractivity contribution in [3.8, 4) is 0 Å². The molecule has 0 heterocycles. The Morgan fingerprint density at radius 2 is 1.21 bits per heavy atom. The normalized spacial score (nSPS) is 20.6. The van der Waals surface area contributed by atoms with Crippen LogP contribution in [0.4, 0.5) is 0 Å². The Hall–Kier alpha value is -0.807. The minimum atomic E-state index is -4.95. The molecule has 28 heavy (non-hydrogen) atoms. The first-order valence-electron chi connectivity index (χ1n) is 9.01. The molecule has 0 aliphatic heterocycles. The monoisotopic (exact) mass is 593 g/mol. The predicted octanol–water partition coefficient (Wildman–Crippen LogP) is 4.00. The average molecular weight is 595 g/mol. The van der Waals surface area contributed by atoms with Crippen molar-refractivity contribution in [3.63, 3.8) is 0 Å². The molecular weight excluding hydrogens is 577 g/mol. The number of halogens is 2. The molecule has 0 saturated heterocycles. The number of allylic oxidation sites excluding steroid dienone is 2. The second-order valence-corrected chi connectivity index (χ2v) is 74.6. The van der Waals surface area contributed by atoms with E-state index in [9.17, 15) is 9.59 Å². The summed E-state index contributed by atoms with van der Waals surface area (Å²) in [6, 6.07) is 16.1. The Kier molecular flexibility index (Phi) is 5.69. The summed E-state index contributed by atoms with van der Waals surface area (Å²) in [4.78, 5) is 22.9. The van der Waals surface area contributed by atoms with Crippen molar-refractivity contribution in [1.82, 2.24) is 6.61 Å². The Bertz CT molecular complexity index is 936. The molecule has 2 aliphatic rings. The molecular formula is C20H18Cl2InN2O2Zr. The van der Waals surface area contributed by atoms with Gasteiger partial charge in [0, 0.05) is 0 Å². The van der Waals surface area contributed by atoms with Crippen LogP contribution in [0.2, 0.25) is 0 Å². The molecule has 0 bridgehead atoms. The predicted molar refractivity (Wildman–Crippen MR) is 112 cm³/mol. The fourth-order valence-electron chi connectivity index (χ4n) is 4.52. The van der Waals surface area contributed by atoms with Crippen LogP contribution < -0.4 is 6.61 Å². The van der Waals surface area contributed by atoms with Gasteiger partial charge in [0.2, 0.25) is 0 Å². The molecule has 0 spiro atoms. The van der Waals surface area contributed by atoms with Gasteiger partial charge in [0.1, 0.15) is 0 Å². The van der Waals surface area contributed by atoms with Crippen molar-refractivity contribution in [2.75, 3.05) is 0 Å². The van der Waals surface area contributed by atoms with Crippen LogP contribution >= 0.6 is 17.0 Å². The van der Waals surface area contributed by atoms with Crippen LogP contribution in [0.15, 0.2) is 60.7 Å². The molecule has 4 nitrogen and oxygen atoms in total. The number of carbonyl (C=O) groups is 2. The van der Waals surface area contributed by atoms with E-state index >= 15 is 0 Å². The van der Waals surface area contributed by atoms with Crippen LogP contribution in [0.5, 0.6) is 0 Å². The Morgan fingerprint density at radius 3 is 1.64 bits per heavy atom. The molecule has 2 aromatic rings. The van der Waals surface area contributed by atoms with E-state index < -0.39 is 29.0 Å².